The zero-order valence-electron chi connectivity index (χ0n) is 37.8. The van der Waals surface area contributed by atoms with Crippen molar-refractivity contribution in [2.24, 2.45) is 0 Å². The van der Waals surface area contributed by atoms with Crippen molar-refractivity contribution in [3.05, 3.63) is 60.8 Å². The van der Waals surface area contributed by atoms with Gasteiger partial charge in [-0.3, -0.25) is 9.59 Å². The lowest BCUT2D eigenvalue weighted by Gasteiger charge is -2.42. The fourth-order valence-electron chi connectivity index (χ4n) is 6.83. The van der Waals surface area contributed by atoms with Gasteiger partial charge in [0.25, 0.3) is 0 Å². The lowest BCUT2D eigenvalue weighted by molar-refractivity contribution is -0.332. The Balaban J connectivity index is 1.87. The Kier molecular flexibility index (Phi) is 31.7. The molecule has 2 heterocycles. The number of ether oxygens (including phenoxy) is 6. The van der Waals surface area contributed by atoms with E-state index < -0.39 is 99.3 Å². The quantitative estimate of drug-likeness (QED) is 0.0246. The summed E-state index contributed by atoms with van der Waals surface area (Å²) in [6.07, 6.45) is 21.2. The number of hydrogen-bond acceptors (Lipinski definition) is 15. The fourth-order valence-corrected chi connectivity index (χ4v) is 6.83. The molecule has 0 aromatic rings. The maximum Gasteiger partial charge on any atom is 0.306 e. The first kappa shape index (κ1) is 56.3. The van der Waals surface area contributed by atoms with E-state index in [9.17, 15) is 45.3 Å². The van der Waals surface area contributed by atoms with Gasteiger partial charge in [0.2, 0.25) is 0 Å². The van der Waals surface area contributed by atoms with E-state index in [2.05, 4.69) is 74.6 Å². The summed E-state index contributed by atoms with van der Waals surface area (Å²) in [5.74, 6) is -0.983. The monoisotopic (exact) mass is 897 g/mol. The maximum absolute atomic E-state index is 12.9. The van der Waals surface area contributed by atoms with Crippen LogP contribution in [0.3, 0.4) is 0 Å². The van der Waals surface area contributed by atoms with Crippen LogP contribution in [0, 0.1) is 0 Å². The van der Waals surface area contributed by atoms with E-state index in [1.807, 2.05) is 0 Å². The highest BCUT2D eigenvalue weighted by Gasteiger charge is 2.47. The molecular formula is C48H80O15. The summed E-state index contributed by atoms with van der Waals surface area (Å²) in [5, 5.41) is 71.9. The standard InChI is InChI=1S/C48H80O15/c1-3-5-7-9-11-13-15-17-19-20-22-24-26-28-30-39(50)58-33-36(61-40(51)31-29-27-25-23-21-18-16-14-12-10-8-6-4-2)34-59-47-46(57)44(55)42(53)38(63-47)35-60-48-45(56)43(54)41(52)37(32-49)62-48/h6,8-9,11-12,14-15,17-18,21,36-38,41-49,52-57H,3-5,7,10,13,16,19-20,22-35H2,1-2H3/b8-6-,11-9-,14-12-,17-15-,21-18-. The molecule has 0 aromatic carbocycles. The molecule has 0 aromatic heterocycles. The summed E-state index contributed by atoms with van der Waals surface area (Å²) in [7, 11) is 0. The van der Waals surface area contributed by atoms with Gasteiger partial charge in [-0.2, -0.15) is 0 Å². The minimum absolute atomic E-state index is 0.124. The molecule has 15 heteroatoms. The molecule has 0 spiro atoms. The van der Waals surface area contributed by atoms with Gasteiger partial charge in [0, 0.05) is 12.8 Å². The third-order valence-electron chi connectivity index (χ3n) is 10.7. The molecule has 2 aliphatic rings. The van der Waals surface area contributed by atoms with Gasteiger partial charge in [-0.1, -0.05) is 113 Å². The minimum Gasteiger partial charge on any atom is -0.462 e. The average molecular weight is 897 g/mol. The van der Waals surface area contributed by atoms with E-state index in [-0.39, 0.29) is 19.4 Å². The molecule has 63 heavy (non-hydrogen) atoms. The molecule has 0 amide bonds. The number of carbonyl (C=O) groups excluding carboxylic acids is 2. The molecule has 15 nitrogen and oxygen atoms in total. The summed E-state index contributed by atoms with van der Waals surface area (Å²) >= 11 is 0. The summed E-state index contributed by atoms with van der Waals surface area (Å²) in [5.41, 5.74) is 0. The van der Waals surface area contributed by atoms with Crippen molar-refractivity contribution >= 4 is 11.9 Å². The van der Waals surface area contributed by atoms with Crippen molar-refractivity contribution in [3.8, 4) is 0 Å². The molecule has 2 aliphatic heterocycles. The van der Waals surface area contributed by atoms with E-state index in [1.165, 1.54) is 12.8 Å². The fraction of sp³-hybridized carbons (Fsp3) is 0.750. The van der Waals surface area contributed by atoms with Crippen molar-refractivity contribution < 1.29 is 73.8 Å². The Labute approximate surface area is 375 Å². The van der Waals surface area contributed by atoms with E-state index in [4.69, 9.17) is 28.4 Å². The van der Waals surface area contributed by atoms with Gasteiger partial charge in [0.05, 0.1) is 19.8 Å². The van der Waals surface area contributed by atoms with Crippen LogP contribution in [-0.4, -0.2) is 142 Å². The van der Waals surface area contributed by atoms with Crippen LogP contribution in [0.15, 0.2) is 60.8 Å². The molecule has 362 valence electrons. The maximum atomic E-state index is 12.9. The van der Waals surface area contributed by atoms with E-state index in [0.717, 1.165) is 83.5 Å². The molecule has 11 unspecified atom stereocenters. The van der Waals surface area contributed by atoms with Crippen LogP contribution in [0.4, 0.5) is 0 Å². The lowest BCUT2D eigenvalue weighted by atomic mass is 9.98. The van der Waals surface area contributed by atoms with Gasteiger partial charge in [-0.05, 0) is 70.6 Å². The number of rotatable bonds is 34. The number of aliphatic hydroxyl groups excluding tert-OH is 7. The van der Waals surface area contributed by atoms with Gasteiger partial charge in [-0.15, -0.1) is 0 Å². The second-order valence-corrected chi connectivity index (χ2v) is 16.2. The van der Waals surface area contributed by atoms with Crippen molar-refractivity contribution in [2.45, 2.75) is 203 Å². The van der Waals surface area contributed by atoms with Crippen LogP contribution in [0.2, 0.25) is 0 Å². The van der Waals surface area contributed by atoms with Gasteiger partial charge in [0.15, 0.2) is 18.7 Å². The Hall–Kier alpha value is -2.80. The molecule has 11 atom stereocenters. The summed E-state index contributed by atoms with van der Waals surface area (Å²) in [6, 6.07) is 0. The summed E-state index contributed by atoms with van der Waals surface area (Å²) in [6.45, 7) is 2.35. The molecule has 7 N–H and O–H groups in total. The largest absolute Gasteiger partial charge is 0.462 e. The normalized spacial score (nSPS) is 27.4. The highest BCUT2D eigenvalue weighted by molar-refractivity contribution is 5.70. The van der Waals surface area contributed by atoms with Crippen LogP contribution in [0.5, 0.6) is 0 Å². The molecule has 2 rings (SSSR count). The smallest absolute Gasteiger partial charge is 0.306 e. The molecule has 2 fully saturated rings. The van der Waals surface area contributed by atoms with Crippen LogP contribution in [0.1, 0.15) is 136 Å². The van der Waals surface area contributed by atoms with Crippen LogP contribution in [0.25, 0.3) is 0 Å². The third-order valence-corrected chi connectivity index (χ3v) is 10.7. The first-order valence-electron chi connectivity index (χ1n) is 23.4. The Morgan fingerprint density at radius 1 is 0.524 bits per heavy atom. The molecule has 0 saturated carbocycles. The van der Waals surface area contributed by atoms with Crippen molar-refractivity contribution in [3.63, 3.8) is 0 Å². The van der Waals surface area contributed by atoms with Crippen molar-refractivity contribution in [1.29, 1.82) is 0 Å². The molecular weight excluding hydrogens is 817 g/mol. The van der Waals surface area contributed by atoms with Crippen molar-refractivity contribution in [2.75, 3.05) is 26.4 Å². The van der Waals surface area contributed by atoms with Crippen molar-refractivity contribution in [1.82, 2.24) is 0 Å². The molecule has 0 bridgehead atoms. The second kappa shape index (κ2) is 35.5. The number of esters is 2. The Morgan fingerprint density at radius 2 is 1.00 bits per heavy atom. The van der Waals surface area contributed by atoms with Gasteiger partial charge in [-0.25, -0.2) is 0 Å². The zero-order chi connectivity index (χ0) is 46.1. The van der Waals surface area contributed by atoms with E-state index in [1.54, 1.807) is 0 Å². The van der Waals surface area contributed by atoms with Crippen LogP contribution >= 0.6 is 0 Å². The summed E-state index contributed by atoms with van der Waals surface area (Å²) in [4.78, 5) is 25.6. The van der Waals surface area contributed by atoms with Crippen LogP contribution in [-0.2, 0) is 38.0 Å². The number of carbonyl (C=O) groups is 2. The molecule has 0 aliphatic carbocycles. The third kappa shape index (κ3) is 24.3. The molecule has 2 saturated heterocycles. The highest BCUT2D eigenvalue weighted by Crippen LogP contribution is 2.26. The topological polar surface area (TPSA) is 231 Å². The van der Waals surface area contributed by atoms with Gasteiger partial charge >= 0.3 is 11.9 Å². The number of unbranched alkanes of at least 4 members (excludes halogenated alkanes) is 10. The first-order chi connectivity index (χ1) is 30.5. The van der Waals surface area contributed by atoms with E-state index >= 15 is 0 Å². The predicted octanol–water partition coefficient (Wildman–Crippen LogP) is 5.31. The zero-order valence-corrected chi connectivity index (χ0v) is 37.8. The number of allylic oxidation sites excluding steroid dienone is 10. The van der Waals surface area contributed by atoms with Crippen LogP contribution < -0.4 is 0 Å². The van der Waals surface area contributed by atoms with E-state index in [0.29, 0.717) is 12.8 Å². The number of hydrogen-bond donors (Lipinski definition) is 7. The average Bonchev–Trinajstić information content (AvgIpc) is 3.28. The number of aliphatic hydroxyl groups is 7. The summed E-state index contributed by atoms with van der Waals surface area (Å²) < 4.78 is 33.4. The minimum atomic E-state index is -1.77. The van der Waals surface area contributed by atoms with Gasteiger partial charge in [0.1, 0.15) is 55.4 Å². The Bertz CT molecular complexity index is 1330. The molecule has 0 radical (unpaired) electrons. The SMILES string of the molecule is CC/C=C\C/C=C\C/C=C\CCCCCC(=O)OC(COC(=O)CCCCCCC/C=C\C/C=C\CCCC)COC1OC(COC2OC(CO)C(O)C(O)C2O)C(O)C(O)C1O. The predicted molar refractivity (Wildman–Crippen MR) is 238 cm³/mol. The Morgan fingerprint density at radius 3 is 1.59 bits per heavy atom. The second-order valence-electron chi connectivity index (χ2n) is 16.2. The lowest BCUT2D eigenvalue weighted by Crippen LogP contribution is -2.61. The first-order valence-corrected chi connectivity index (χ1v) is 23.4. The van der Waals surface area contributed by atoms with Gasteiger partial charge < -0.3 is 64.2 Å². The highest BCUT2D eigenvalue weighted by atomic mass is 16.7.